The van der Waals surface area contributed by atoms with E-state index in [1.165, 1.54) is 0 Å². The van der Waals surface area contributed by atoms with E-state index in [1.54, 1.807) is 12.1 Å². The fourth-order valence-electron chi connectivity index (χ4n) is 0.468. The number of nitrogens with two attached hydrogens (primary N) is 1. The summed E-state index contributed by atoms with van der Waals surface area (Å²) in [7, 11) is 0. The Kier molecular flexibility index (Phi) is 3.90. The second kappa shape index (κ2) is 3.90. The molecule has 9 heavy (non-hydrogen) atoms. The molecule has 0 aliphatic carbocycles. The number of anilines is 1. The molecule has 0 saturated carbocycles. The quantitative estimate of drug-likeness (QED) is 0.441. The third kappa shape index (κ3) is 2.87. The van der Waals surface area contributed by atoms with Crippen LogP contribution >= 0.6 is 0 Å². The maximum atomic E-state index is 5.38. The summed E-state index contributed by atoms with van der Waals surface area (Å²) >= 11 is 4.82. The zero-order valence-electron chi connectivity index (χ0n) is 4.60. The molecular formula is C6H6AuNS. The monoisotopic (exact) mass is 321 g/mol. The van der Waals surface area contributed by atoms with Gasteiger partial charge in [0.25, 0.3) is 0 Å². The number of rotatable bonds is 0. The van der Waals surface area contributed by atoms with E-state index in [4.69, 9.17) is 18.4 Å². The predicted octanol–water partition coefficient (Wildman–Crippen LogP) is 1.17. The topological polar surface area (TPSA) is 26.0 Å². The maximum absolute atomic E-state index is 5.38. The summed E-state index contributed by atoms with van der Waals surface area (Å²) < 4.78 is 0. The standard InChI is InChI=1S/C6H7NS.Au/c7-5-1-3-6(8)4-2-5;/h1-4,8H,7H2;/q;+1/p-1. The second-order valence-electron chi connectivity index (χ2n) is 1.57. The summed E-state index contributed by atoms with van der Waals surface area (Å²) in [5, 5.41) is 0. The fourth-order valence-corrected chi connectivity index (χ4v) is 0.604. The Morgan fingerprint density at radius 2 is 1.56 bits per heavy atom. The Hall–Kier alpha value is -0.0197. The van der Waals surface area contributed by atoms with E-state index < -0.39 is 0 Å². The first-order chi connectivity index (χ1) is 3.79. The first kappa shape index (κ1) is 8.98. The minimum atomic E-state index is 0. The van der Waals surface area contributed by atoms with Crippen LogP contribution in [0.2, 0.25) is 0 Å². The van der Waals surface area contributed by atoms with Crippen LogP contribution < -0.4 is 5.73 Å². The summed E-state index contributed by atoms with van der Waals surface area (Å²) in [5.41, 5.74) is 6.14. The van der Waals surface area contributed by atoms with Crippen LogP contribution in [0.3, 0.4) is 0 Å². The van der Waals surface area contributed by atoms with Crippen molar-refractivity contribution in [3.63, 3.8) is 0 Å². The first-order valence-electron chi connectivity index (χ1n) is 2.31. The summed E-state index contributed by atoms with van der Waals surface area (Å²) in [6, 6.07) is 7.21. The third-order valence-electron chi connectivity index (χ3n) is 0.880. The van der Waals surface area contributed by atoms with Crippen molar-refractivity contribution in [2.75, 3.05) is 5.73 Å². The van der Waals surface area contributed by atoms with Crippen molar-refractivity contribution in [3.8, 4) is 0 Å². The van der Waals surface area contributed by atoms with Crippen LogP contribution in [0.25, 0.3) is 0 Å². The van der Waals surface area contributed by atoms with Crippen LogP contribution in [0, 0.1) is 0 Å². The van der Waals surface area contributed by atoms with Crippen LogP contribution in [0.5, 0.6) is 0 Å². The summed E-state index contributed by atoms with van der Waals surface area (Å²) in [6.45, 7) is 0. The molecule has 1 aromatic carbocycles. The molecular weight excluding hydrogens is 315 g/mol. The van der Waals surface area contributed by atoms with Gasteiger partial charge in [0.1, 0.15) is 0 Å². The number of nitrogen functional groups attached to an aromatic ring is 1. The van der Waals surface area contributed by atoms with Crippen molar-refractivity contribution >= 4 is 18.3 Å². The molecule has 0 atom stereocenters. The van der Waals surface area contributed by atoms with E-state index >= 15 is 0 Å². The Morgan fingerprint density at radius 1 is 1.11 bits per heavy atom. The van der Waals surface area contributed by atoms with E-state index in [1.807, 2.05) is 12.1 Å². The SMILES string of the molecule is Nc1ccc([S-])cc1.[Au+]. The minimum absolute atomic E-state index is 0. The van der Waals surface area contributed by atoms with Gasteiger partial charge >= 0.3 is 22.4 Å². The summed E-state index contributed by atoms with van der Waals surface area (Å²) in [5.74, 6) is 0. The molecule has 0 unspecified atom stereocenters. The van der Waals surface area contributed by atoms with Gasteiger partial charge in [0, 0.05) is 5.69 Å². The van der Waals surface area contributed by atoms with Gasteiger partial charge in [-0.25, -0.2) is 0 Å². The van der Waals surface area contributed by atoms with Gasteiger partial charge in [0.15, 0.2) is 0 Å². The normalized spacial score (nSPS) is 8.00. The van der Waals surface area contributed by atoms with E-state index in [0.29, 0.717) is 0 Å². The molecule has 0 fully saturated rings. The van der Waals surface area contributed by atoms with Gasteiger partial charge in [-0.3, -0.25) is 0 Å². The molecule has 3 heteroatoms. The van der Waals surface area contributed by atoms with Crippen molar-refractivity contribution < 1.29 is 22.4 Å². The molecule has 0 spiro atoms. The van der Waals surface area contributed by atoms with Gasteiger partial charge in [0.2, 0.25) is 0 Å². The van der Waals surface area contributed by atoms with Gasteiger partial charge in [0.05, 0.1) is 0 Å². The first-order valence-corrected chi connectivity index (χ1v) is 2.72. The summed E-state index contributed by atoms with van der Waals surface area (Å²) in [6.07, 6.45) is 0. The van der Waals surface area contributed by atoms with Crippen LogP contribution in [0.4, 0.5) is 5.69 Å². The Bertz CT molecular complexity index is 152. The maximum Gasteiger partial charge on any atom is 1.00 e. The van der Waals surface area contributed by atoms with Crippen LogP contribution in [-0.2, 0) is 35.0 Å². The molecule has 0 aromatic heterocycles. The average Bonchev–Trinajstić information content (AvgIpc) is 1.77. The largest absolute Gasteiger partial charge is 1.00 e. The van der Waals surface area contributed by atoms with Crippen molar-refractivity contribution in [2.24, 2.45) is 0 Å². The zero-order valence-corrected chi connectivity index (χ0v) is 7.58. The zero-order chi connectivity index (χ0) is 5.98. The average molecular weight is 321 g/mol. The molecule has 1 rings (SSSR count). The number of hydrogen-bond acceptors (Lipinski definition) is 2. The fraction of sp³-hybridized carbons (Fsp3) is 0. The van der Waals surface area contributed by atoms with Crippen LogP contribution in [0.15, 0.2) is 29.2 Å². The molecule has 0 heterocycles. The molecule has 2 N–H and O–H groups in total. The Morgan fingerprint density at radius 3 is 1.89 bits per heavy atom. The molecule has 0 saturated heterocycles. The number of hydrogen-bond donors (Lipinski definition) is 1. The van der Waals surface area contributed by atoms with E-state index in [0.717, 1.165) is 10.6 Å². The molecule has 0 amide bonds. The molecule has 1 aromatic rings. The third-order valence-corrected chi connectivity index (χ3v) is 1.15. The molecule has 1 nitrogen and oxygen atoms in total. The van der Waals surface area contributed by atoms with Crippen molar-refractivity contribution in [3.05, 3.63) is 24.3 Å². The van der Waals surface area contributed by atoms with E-state index in [2.05, 4.69) is 0 Å². The van der Waals surface area contributed by atoms with E-state index in [9.17, 15) is 0 Å². The number of benzene rings is 1. The van der Waals surface area contributed by atoms with E-state index in [-0.39, 0.29) is 22.4 Å². The predicted molar refractivity (Wildman–Crippen MR) is 36.5 cm³/mol. The Balaban J connectivity index is 0.000000640. The van der Waals surface area contributed by atoms with Gasteiger partial charge < -0.3 is 18.4 Å². The van der Waals surface area contributed by atoms with Gasteiger partial charge in [-0.15, -0.1) is 0 Å². The molecule has 0 aliphatic rings. The van der Waals surface area contributed by atoms with Gasteiger partial charge in [-0.05, 0) is 12.1 Å². The van der Waals surface area contributed by atoms with Gasteiger partial charge in [-0.1, -0.05) is 12.1 Å². The molecule has 52 valence electrons. The molecule has 0 radical (unpaired) electrons. The molecule has 0 aliphatic heterocycles. The minimum Gasteiger partial charge on any atom is -0.780 e. The van der Waals surface area contributed by atoms with Crippen LogP contribution in [-0.4, -0.2) is 0 Å². The van der Waals surface area contributed by atoms with Crippen molar-refractivity contribution in [1.82, 2.24) is 0 Å². The van der Waals surface area contributed by atoms with Crippen molar-refractivity contribution in [1.29, 1.82) is 0 Å². The smallest absolute Gasteiger partial charge is 0.780 e. The molecule has 0 bridgehead atoms. The van der Waals surface area contributed by atoms with Crippen LogP contribution in [0.1, 0.15) is 0 Å². The summed E-state index contributed by atoms with van der Waals surface area (Å²) in [4.78, 5) is 0.833. The van der Waals surface area contributed by atoms with Crippen molar-refractivity contribution in [2.45, 2.75) is 4.90 Å². The second-order valence-corrected chi connectivity index (χ2v) is 2.04. The van der Waals surface area contributed by atoms with Gasteiger partial charge in [-0.2, -0.15) is 4.90 Å². The Labute approximate surface area is 75.6 Å².